The molecule has 3 heterocycles. The first-order chi connectivity index (χ1) is 10.3. The maximum atomic E-state index is 3.70. The number of nitrogens with one attached hydrogen (secondary N) is 4. The van der Waals surface area contributed by atoms with E-state index >= 15 is 0 Å². The second-order valence-electron chi connectivity index (χ2n) is 6.18. The predicted octanol–water partition coefficient (Wildman–Crippen LogP) is 1.67. The highest BCUT2D eigenvalue weighted by atomic mass is 15.1. The molecule has 2 aliphatic heterocycles. The summed E-state index contributed by atoms with van der Waals surface area (Å²) in [7, 11) is 0. The average molecular weight is 282 g/mol. The minimum Gasteiger partial charge on any atom is -0.387 e. The molecule has 3 aliphatic rings. The molecule has 1 fully saturated rings. The Labute approximate surface area is 125 Å². The first-order valence-corrected chi connectivity index (χ1v) is 7.77. The van der Waals surface area contributed by atoms with E-state index in [1.807, 2.05) is 0 Å². The van der Waals surface area contributed by atoms with Crippen molar-refractivity contribution in [3.8, 4) is 0 Å². The molecule has 0 radical (unpaired) electrons. The molecule has 4 N–H and O–H groups in total. The van der Waals surface area contributed by atoms with Gasteiger partial charge in [-0.05, 0) is 31.1 Å². The molecule has 4 heteroatoms. The van der Waals surface area contributed by atoms with Gasteiger partial charge in [0.2, 0.25) is 0 Å². The van der Waals surface area contributed by atoms with Crippen molar-refractivity contribution in [3.63, 3.8) is 0 Å². The normalized spacial score (nSPS) is 25.0. The van der Waals surface area contributed by atoms with Crippen LogP contribution in [-0.2, 0) is 0 Å². The molecule has 0 amide bonds. The number of aromatic amines is 1. The maximum absolute atomic E-state index is 3.70. The number of H-pyrrole nitrogens is 1. The second kappa shape index (κ2) is 5.11. The molecule has 0 saturated carbocycles. The van der Waals surface area contributed by atoms with Crippen LogP contribution in [0.5, 0.6) is 0 Å². The number of fused-ring (bicyclic) bond motifs is 1. The van der Waals surface area contributed by atoms with Gasteiger partial charge < -0.3 is 20.9 Å². The predicted molar refractivity (Wildman–Crippen MR) is 84.9 cm³/mol. The van der Waals surface area contributed by atoms with E-state index in [-0.39, 0.29) is 0 Å². The summed E-state index contributed by atoms with van der Waals surface area (Å²) >= 11 is 0. The minimum absolute atomic E-state index is 0.440. The van der Waals surface area contributed by atoms with E-state index in [1.165, 1.54) is 28.2 Å². The molecule has 0 aromatic carbocycles. The number of rotatable bonds is 3. The Kier molecular flexibility index (Phi) is 3.11. The molecule has 21 heavy (non-hydrogen) atoms. The molecule has 1 aromatic rings. The lowest BCUT2D eigenvalue weighted by Crippen LogP contribution is -2.55. The fraction of sp³-hybridized carbons (Fsp3) is 0.412. The zero-order valence-electron chi connectivity index (χ0n) is 12.4. The number of aromatic nitrogens is 1. The van der Waals surface area contributed by atoms with Crippen molar-refractivity contribution in [1.29, 1.82) is 0 Å². The number of aryl methyl sites for hydroxylation is 1. The zero-order chi connectivity index (χ0) is 14.2. The topological polar surface area (TPSA) is 51.9 Å². The summed E-state index contributed by atoms with van der Waals surface area (Å²) in [6.07, 6.45) is 7.96. The molecular weight excluding hydrogens is 260 g/mol. The first-order valence-electron chi connectivity index (χ1n) is 7.77. The number of hydrogen-bond donors (Lipinski definition) is 4. The summed E-state index contributed by atoms with van der Waals surface area (Å²) in [5.74, 6) is 0.440. The summed E-state index contributed by atoms with van der Waals surface area (Å²) < 4.78 is 0. The number of hydrogen-bond acceptors (Lipinski definition) is 3. The Hall–Kier alpha value is -1.94. The van der Waals surface area contributed by atoms with E-state index in [2.05, 4.69) is 58.3 Å². The minimum atomic E-state index is 0.440. The molecular formula is C17H22N4. The SMILES string of the molecule is Cc1ccc(C2C=C(NC3CNC3)C3=CNCC=C3C2)[nH]1. The van der Waals surface area contributed by atoms with Crippen molar-refractivity contribution >= 4 is 0 Å². The van der Waals surface area contributed by atoms with Gasteiger partial charge in [-0.1, -0.05) is 12.2 Å². The van der Waals surface area contributed by atoms with Crippen molar-refractivity contribution in [1.82, 2.24) is 20.9 Å². The highest BCUT2D eigenvalue weighted by Crippen LogP contribution is 2.37. The van der Waals surface area contributed by atoms with Gasteiger partial charge in [0, 0.05) is 54.4 Å². The average Bonchev–Trinajstić information content (AvgIpc) is 2.89. The second-order valence-corrected chi connectivity index (χ2v) is 6.18. The molecule has 110 valence electrons. The van der Waals surface area contributed by atoms with Crippen LogP contribution in [0.2, 0.25) is 0 Å². The summed E-state index contributed by atoms with van der Waals surface area (Å²) in [6, 6.07) is 4.94. The van der Waals surface area contributed by atoms with Crippen LogP contribution < -0.4 is 16.0 Å². The summed E-state index contributed by atoms with van der Waals surface area (Å²) in [5.41, 5.74) is 6.63. The number of dihydropyridines is 1. The largest absolute Gasteiger partial charge is 0.387 e. The molecule has 1 aromatic heterocycles. The molecule has 1 unspecified atom stereocenters. The Morgan fingerprint density at radius 3 is 2.86 bits per heavy atom. The quantitative estimate of drug-likeness (QED) is 0.682. The van der Waals surface area contributed by atoms with Gasteiger partial charge in [-0.3, -0.25) is 0 Å². The fourth-order valence-electron chi connectivity index (χ4n) is 3.25. The summed E-state index contributed by atoms with van der Waals surface area (Å²) in [6.45, 7) is 5.17. The monoisotopic (exact) mass is 282 g/mol. The highest BCUT2D eigenvalue weighted by molar-refractivity contribution is 5.52. The molecule has 1 atom stereocenters. The molecule has 0 spiro atoms. The Bertz CT molecular complexity index is 631. The summed E-state index contributed by atoms with van der Waals surface area (Å²) in [5, 5.41) is 10.4. The van der Waals surface area contributed by atoms with E-state index in [4.69, 9.17) is 0 Å². The Morgan fingerprint density at radius 1 is 1.24 bits per heavy atom. The molecule has 0 bridgehead atoms. The van der Waals surface area contributed by atoms with E-state index in [1.54, 1.807) is 0 Å². The van der Waals surface area contributed by atoms with Crippen LogP contribution in [0.4, 0.5) is 0 Å². The van der Waals surface area contributed by atoms with E-state index in [0.717, 1.165) is 26.1 Å². The maximum Gasteiger partial charge on any atom is 0.0510 e. The lowest BCUT2D eigenvalue weighted by Gasteiger charge is -2.35. The lowest BCUT2D eigenvalue weighted by atomic mass is 9.83. The molecule has 4 rings (SSSR count). The highest BCUT2D eigenvalue weighted by Gasteiger charge is 2.27. The smallest absolute Gasteiger partial charge is 0.0510 e. The van der Waals surface area contributed by atoms with Crippen LogP contribution in [0.3, 0.4) is 0 Å². The van der Waals surface area contributed by atoms with Gasteiger partial charge in [-0.2, -0.15) is 0 Å². The summed E-state index contributed by atoms with van der Waals surface area (Å²) in [4.78, 5) is 3.50. The third-order valence-corrected chi connectivity index (χ3v) is 4.55. The van der Waals surface area contributed by atoms with Crippen molar-refractivity contribution < 1.29 is 0 Å². The van der Waals surface area contributed by atoms with Crippen LogP contribution in [0.25, 0.3) is 0 Å². The van der Waals surface area contributed by atoms with Crippen LogP contribution in [0, 0.1) is 6.92 Å². The fourth-order valence-corrected chi connectivity index (χ4v) is 3.25. The molecule has 1 aliphatic carbocycles. The number of allylic oxidation sites excluding steroid dienone is 2. The van der Waals surface area contributed by atoms with Gasteiger partial charge in [-0.25, -0.2) is 0 Å². The van der Waals surface area contributed by atoms with Crippen LogP contribution in [-0.4, -0.2) is 30.7 Å². The molecule has 4 nitrogen and oxygen atoms in total. The van der Waals surface area contributed by atoms with Crippen LogP contribution >= 0.6 is 0 Å². The first kappa shape index (κ1) is 12.8. The standard InChI is InChI=1S/C17H22N4/c1-11-2-3-16(20-11)13-6-12-4-5-18-10-15(12)17(7-13)21-14-8-19-9-14/h2-4,7,10,13-14,18-21H,5-6,8-9H2,1H3. The van der Waals surface area contributed by atoms with Crippen molar-refractivity contribution in [2.75, 3.05) is 19.6 Å². The van der Waals surface area contributed by atoms with E-state index < -0.39 is 0 Å². The van der Waals surface area contributed by atoms with Crippen LogP contribution in [0.1, 0.15) is 23.7 Å². The van der Waals surface area contributed by atoms with Gasteiger partial charge in [0.05, 0.1) is 6.04 Å². The van der Waals surface area contributed by atoms with Crippen LogP contribution in [0.15, 0.2) is 47.3 Å². The van der Waals surface area contributed by atoms with Gasteiger partial charge in [0.1, 0.15) is 0 Å². The van der Waals surface area contributed by atoms with Crippen molar-refractivity contribution in [2.45, 2.75) is 25.3 Å². The Morgan fingerprint density at radius 2 is 2.14 bits per heavy atom. The third-order valence-electron chi connectivity index (χ3n) is 4.55. The van der Waals surface area contributed by atoms with Gasteiger partial charge >= 0.3 is 0 Å². The molecule has 1 saturated heterocycles. The van der Waals surface area contributed by atoms with Gasteiger partial charge in [0.15, 0.2) is 0 Å². The van der Waals surface area contributed by atoms with Crippen molar-refractivity contribution in [2.24, 2.45) is 0 Å². The van der Waals surface area contributed by atoms with E-state index in [0.29, 0.717) is 12.0 Å². The van der Waals surface area contributed by atoms with Crippen molar-refractivity contribution in [3.05, 3.63) is 58.7 Å². The van der Waals surface area contributed by atoms with Gasteiger partial charge in [0.25, 0.3) is 0 Å². The zero-order valence-corrected chi connectivity index (χ0v) is 12.4. The Balaban J connectivity index is 1.66. The van der Waals surface area contributed by atoms with E-state index in [9.17, 15) is 0 Å². The third kappa shape index (κ3) is 2.40. The lowest BCUT2D eigenvalue weighted by molar-refractivity contribution is 0.392. The van der Waals surface area contributed by atoms with Gasteiger partial charge in [-0.15, -0.1) is 0 Å².